The summed E-state index contributed by atoms with van der Waals surface area (Å²) in [4.78, 5) is 0. The molecule has 2 rings (SSSR count). The van der Waals surface area contributed by atoms with Gasteiger partial charge in [-0.3, -0.25) is 4.68 Å². The third kappa shape index (κ3) is 3.25. The SMILES string of the molecule is CCc1nn(CC2CCCCC2)c(CC)c1C(C)NC. The largest absolute Gasteiger partial charge is 0.313 e. The van der Waals surface area contributed by atoms with Gasteiger partial charge in [-0.25, -0.2) is 0 Å². The van der Waals surface area contributed by atoms with Crippen molar-refractivity contribution in [3.8, 4) is 0 Å². The summed E-state index contributed by atoms with van der Waals surface area (Å²) in [7, 11) is 2.04. The first-order chi connectivity index (χ1) is 9.71. The molecule has 0 aromatic carbocycles. The van der Waals surface area contributed by atoms with E-state index in [-0.39, 0.29) is 0 Å². The Hall–Kier alpha value is -0.830. The Balaban J connectivity index is 2.25. The van der Waals surface area contributed by atoms with Crippen LogP contribution in [0.3, 0.4) is 0 Å². The van der Waals surface area contributed by atoms with Gasteiger partial charge in [0.05, 0.1) is 5.69 Å². The van der Waals surface area contributed by atoms with Gasteiger partial charge >= 0.3 is 0 Å². The van der Waals surface area contributed by atoms with Crippen LogP contribution in [0.2, 0.25) is 0 Å². The van der Waals surface area contributed by atoms with Crippen LogP contribution in [0.15, 0.2) is 0 Å². The first-order valence-corrected chi connectivity index (χ1v) is 8.46. The van der Waals surface area contributed by atoms with Crippen molar-refractivity contribution >= 4 is 0 Å². The second kappa shape index (κ2) is 7.26. The topological polar surface area (TPSA) is 29.9 Å². The third-order valence-electron chi connectivity index (χ3n) is 4.87. The molecular weight excluding hydrogens is 246 g/mol. The minimum absolute atomic E-state index is 0.403. The Morgan fingerprint density at radius 2 is 1.90 bits per heavy atom. The maximum Gasteiger partial charge on any atom is 0.0672 e. The van der Waals surface area contributed by atoms with Crippen LogP contribution >= 0.6 is 0 Å². The number of hydrogen-bond donors (Lipinski definition) is 1. The zero-order valence-corrected chi connectivity index (χ0v) is 13.7. The Morgan fingerprint density at radius 3 is 2.45 bits per heavy atom. The molecule has 0 aliphatic heterocycles. The average Bonchev–Trinajstić information content (AvgIpc) is 2.85. The van der Waals surface area contributed by atoms with Crippen molar-refractivity contribution in [3.05, 3.63) is 17.0 Å². The normalized spacial score (nSPS) is 18.4. The summed E-state index contributed by atoms with van der Waals surface area (Å²) in [5.74, 6) is 0.844. The van der Waals surface area contributed by atoms with E-state index in [1.165, 1.54) is 49.1 Å². The molecule has 1 atom stereocenters. The molecule has 1 fully saturated rings. The van der Waals surface area contributed by atoms with Crippen LogP contribution in [0.25, 0.3) is 0 Å². The maximum absolute atomic E-state index is 4.94. The monoisotopic (exact) mass is 277 g/mol. The number of nitrogens with one attached hydrogen (secondary N) is 1. The molecule has 1 aliphatic carbocycles. The van der Waals surface area contributed by atoms with E-state index in [1.54, 1.807) is 0 Å². The molecule has 0 bridgehead atoms. The summed E-state index contributed by atoms with van der Waals surface area (Å²) >= 11 is 0. The van der Waals surface area contributed by atoms with Crippen LogP contribution in [0.1, 0.15) is 75.9 Å². The molecule has 1 aromatic heterocycles. The van der Waals surface area contributed by atoms with E-state index in [1.807, 2.05) is 7.05 Å². The van der Waals surface area contributed by atoms with Gasteiger partial charge in [-0.2, -0.15) is 5.10 Å². The van der Waals surface area contributed by atoms with Crippen LogP contribution in [0.4, 0.5) is 0 Å². The lowest BCUT2D eigenvalue weighted by molar-refractivity contribution is 0.304. The van der Waals surface area contributed by atoms with Crippen molar-refractivity contribution in [2.75, 3.05) is 7.05 Å². The van der Waals surface area contributed by atoms with E-state index >= 15 is 0 Å². The lowest BCUT2D eigenvalue weighted by Crippen LogP contribution is -2.18. The quantitative estimate of drug-likeness (QED) is 0.855. The van der Waals surface area contributed by atoms with Gasteiger partial charge in [0.25, 0.3) is 0 Å². The number of rotatable bonds is 6. The van der Waals surface area contributed by atoms with E-state index in [0.717, 1.165) is 25.3 Å². The van der Waals surface area contributed by atoms with Gasteiger partial charge in [-0.15, -0.1) is 0 Å². The van der Waals surface area contributed by atoms with Crippen LogP contribution in [0.5, 0.6) is 0 Å². The highest BCUT2D eigenvalue weighted by atomic mass is 15.3. The molecule has 0 radical (unpaired) electrons. The van der Waals surface area contributed by atoms with Gasteiger partial charge in [-0.1, -0.05) is 33.1 Å². The number of nitrogens with zero attached hydrogens (tertiary/aromatic N) is 2. The van der Waals surface area contributed by atoms with Crippen molar-refractivity contribution in [1.29, 1.82) is 0 Å². The third-order valence-corrected chi connectivity index (χ3v) is 4.87. The predicted molar refractivity (Wildman–Crippen MR) is 85.0 cm³/mol. The van der Waals surface area contributed by atoms with Gasteiger partial charge in [0, 0.05) is 23.8 Å². The minimum Gasteiger partial charge on any atom is -0.313 e. The lowest BCUT2D eigenvalue weighted by Gasteiger charge is -2.22. The van der Waals surface area contributed by atoms with Gasteiger partial charge in [0.2, 0.25) is 0 Å². The van der Waals surface area contributed by atoms with Crippen LogP contribution in [-0.4, -0.2) is 16.8 Å². The highest BCUT2D eigenvalue weighted by Gasteiger charge is 2.22. The molecule has 1 unspecified atom stereocenters. The Bertz CT molecular complexity index is 416. The van der Waals surface area contributed by atoms with Crippen molar-refractivity contribution in [2.45, 2.75) is 78.3 Å². The summed E-state index contributed by atoms with van der Waals surface area (Å²) in [6.45, 7) is 7.87. The van der Waals surface area contributed by atoms with Gasteiger partial charge in [-0.05, 0) is 45.6 Å². The summed E-state index contributed by atoms with van der Waals surface area (Å²) in [5, 5.41) is 8.33. The highest BCUT2D eigenvalue weighted by Crippen LogP contribution is 2.28. The van der Waals surface area contributed by atoms with E-state index in [9.17, 15) is 0 Å². The summed E-state index contributed by atoms with van der Waals surface area (Å²) in [6, 6.07) is 0.403. The Morgan fingerprint density at radius 1 is 1.20 bits per heavy atom. The summed E-state index contributed by atoms with van der Waals surface area (Å²) in [5.41, 5.74) is 4.20. The van der Waals surface area contributed by atoms with E-state index < -0.39 is 0 Å². The summed E-state index contributed by atoms with van der Waals surface area (Å²) < 4.78 is 2.33. The van der Waals surface area contributed by atoms with E-state index in [2.05, 4.69) is 30.8 Å². The molecule has 0 amide bonds. The lowest BCUT2D eigenvalue weighted by atomic mass is 9.89. The van der Waals surface area contributed by atoms with E-state index in [4.69, 9.17) is 5.10 Å². The minimum atomic E-state index is 0.403. The standard InChI is InChI=1S/C17H31N3/c1-5-15-17(13(3)18-4)16(6-2)20(19-15)12-14-10-8-7-9-11-14/h13-14,18H,5-12H2,1-4H3. The molecule has 0 saturated heterocycles. The molecule has 3 heteroatoms. The van der Waals surface area contributed by atoms with Gasteiger partial charge < -0.3 is 5.32 Å². The Kier molecular flexibility index (Phi) is 5.64. The number of hydrogen-bond acceptors (Lipinski definition) is 2. The molecular formula is C17H31N3. The zero-order valence-electron chi connectivity index (χ0n) is 13.7. The molecule has 1 saturated carbocycles. The fraction of sp³-hybridized carbons (Fsp3) is 0.824. The second-order valence-corrected chi connectivity index (χ2v) is 6.21. The van der Waals surface area contributed by atoms with Crippen LogP contribution in [0, 0.1) is 5.92 Å². The van der Waals surface area contributed by atoms with Crippen LogP contribution in [-0.2, 0) is 19.4 Å². The maximum atomic E-state index is 4.94. The fourth-order valence-corrected chi connectivity index (χ4v) is 3.61. The fourth-order valence-electron chi connectivity index (χ4n) is 3.61. The summed E-state index contributed by atoms with van der Waals surface area (Å²) in [6.07, 6.45) is 9.15. The highest BCUT2D eigenvalue weighted by molar-refractivity contribution is 5.30. The first-order valence-electron chi connectivity index (χ1n) is 8.46. The van der Waals surface area contributed by atoms with Crippen molar-refractivity contribution < 1.29 is 0 Å². The molecule has 114 valence electrons. The zero-order chi connectivity index (χ0) is 14.5. The molecule has 1 aliphatic rings. The predicted octanol–water partition coefficient (Wildman–Crippen LogP) is 3.87. The molecule has 3 nitrogen and oxygen atoms in total. The molecule has 1 heterocycles. The molecule has 0 spiro atoms. The molecule has 1 N–H and O–H groups in total. The number of aromatic nitrogens is 2. The molecule has 1 aromatic rings. The number of aryl methyl sites for hydroxylation is 1. The van der Waals surface area contributed by atoms with Gasteiger partial charge in [0.1, 0.15) is 0 Å². The van der Waals surface area contributed by atoms with Crippen molar-refractivity contribution in [2.24, 2.45) is 5.92 Å². The Labute approximate surface area is 124 Å². The van der Waals surface area contributed by atoms with Crippen molar-refractivity contribution in [3.63, 3.8) is 0 Å². The van der Waals surface area contributed by atoms with Crippen molar-refractivity contribution in [1.82, 2.24) is 15.1 Å². The molecule has 20 heavy (non-hydrogen) atoms. The first kappa shape index (κ1) is 15.6. The van der Waals surface area contributed by atoms with E-state index in [0.29, 0.717) is 6.04 Å². The average molecular weight is 277 g/mol. The second-order valence-electron chi connectivity index (χ2n) is 6.21. The van der Waals surface area contributed by atoms with Gasteiger partial charge in [0.15, 0.2) is 0 Å². The smallest absolute Gasteiger partial charge is 0.0672 e. The van der Waals surface area contributed by atoms with Crippen LogP contribution < -0.4 is 5.32 Å².